The maximum Gasteiger partial charge on any atom is 0.325 e. The fraction of sp³-hybridized carbons (Fsp3) is 0.467. The first-order valence-electron chi connectivity index (χ1n) is 7.53. The number of esters is 1. The van der Waals surface area contributed by atoms with E-state index in [2.05, 4.69) is 24.9 Å². The van der Waals surface area contributed by atoms with Crippen LogP contribution in [-0.2, 0) is 14.3 Å². The minimum absolute atomic E-state index is 0.162. The normalized spacial score (nSPS) is 14.7. The van der Waals surface area contributed by atoms with Crippen molar-refractivity contribution in [2.45, 2.75) is 6.92 Å². The van der Waals surface area contributed by atoms with E-state index in [4.69, 9.17) is 4.74 Å². The molecule has 0 saturated carbocycles. The molecule has 1 fully saturated rings. The van der Waals surface area contributed by atoms with Crippen molar-refractivity contribution in [3.63, 3.8) is 0 Å². The molecule has 2 aromatic heterocycles. The summed E-state index contributed by atoms with van der Waals surface area (Å²) in [5, 5.41) is 3.45. The van der Waals surface area contributed by atoms with Crippen molar-refractivity contribution < 1.29 is 19.1 Å². The van der Waals surface area contributed by atoms with Gasteiger partial charge in [0.05, 0.1) is 30.6 Å². The van der Waals surface area contributed by atoms with E-state index in [1.807, 2.05) is 6.92 Å². The van der Waals surface area contributed by atoms with Crippen LogP contribution in [0.4, 0.5) is 5.82 Å². The van der Waals surface area contributed by atoms with Gasteiger partial charge in [-0.25, -0.2) is 9.97 Å². The predicted molar refractivity (Wildman–Crippen MR) is 89.5 cm³/mol. The Balaban J connectivity index is 1.92. The number of anilines is 1. The first-order chi connectivity index (χ1) is 11.6. The molecule has 1 aliphatic rings. The summed E-state index contributed by atoms with van der Waals surface area (Å²) in [5.74, 6) is 0.0220. The zero-order valence-electron chi connectivity index (χ0n) is 13.5. The molecule has 2 aromatic rings. The van der Waals surface area contributed by atoms with Crippen LogP contribution in [0.25, 0.3) is 10.2 Å². The summed E-state index contributed by atoms with van der Waals surface area (Å²) >= 11 is 1.30. The van der Waals surface area contributed by atoms with Gasteiger partial charge >= 0.3 is 5.97 Å². The number of amides is 1. The van der Waals surface area contributed by atoms with Gasteiger partial charge in [0.1, 0.15) is 23.5 Å². The largest absolute Gasteiger partial charge is 0.468 e. The third kappa shape index (κ3) is 3.17. The molecular weight excluding hydrogens is 332 g/mol. The lowest BCUT2D eigenvalue weighted by Gasteiger charge is -2.28. The number of nitrogens with one attached hydrogen (secondary N) is 1. The summed E-state index contributed by atoms with van der Waals surface area (Å²) in [5.41, 5.74) is 0.819. The Morgan fingerprint density at radius 3 is 2.83 bits per heavy atom. The van der Waals surface area contributed by atoms with E-state index in [9.17, 15) is 9.59 Å². The molecule has 24 heavy (non-hydrogen) atoms. The Bertz CT molecular complexity index is 770. The Morgan fingerprint density at radius 2 is 2.12 bits per heavy atom. The maximum absolute atomic E-state index is 12.4. The van der Waals surface area contributed by atoms with Crippen LogP contribution in [0, 0.1) is 6.92 Å². The van der Waals surface area contributed by atoms with E-state index < -0.39 is 5.97 Å². The van der Waals surface area contributed by atoms with Crippen molar-refractivity contribution in [3.8, 4) is 0 Å². The SMILES string of the molecule is COC(=O)CNC(=O)c1sc2ncnc(N3CCOCC3)c2c1C. The smallest absolute Gasteiger partial charge is 0.325 e. The molecule has 0 atom stereocenters. The molecule has 0 spiro atoms. The second-order valence-corrected chi connectivity index (χ2v) is 6.29. The molecule has 1 N–H and O–H groups in total. The number of thiophene rings is 1. The van der Waals surface area contributed by atoms with Gasteiger partial charge in [-0.3, -0.25) is 9.59 Å². The summed E-state index contributed by atoms with van der Waals surface area (Å²) in [6.07, 6.45) is 1.51. The summed E-state index contributed by atoms with van der Waals surface area (Å²) in [4.78, 5) is 35.7. The highest BCUT2D eigenvalue weighted by molar-refractivity contribution is 7.20. The van der Waals surface area contributed by atoms with E-state index in [-0.39, 0.29) is 12.5 Å². The number of hydrogen-bond donors (Lipinski definition) is 1. The van der Waals surface area contributed by atoms with Crippen molar-refractivity contribution in [1.82, 2.24) is 15.3 Å². The van der Waals surface area contributed by atoms with E-state index >= 15 is 0 Å². The molecule has 0 bridgehead atoms. The Labute approximate surface area is 142 Å². The lowest BCUT2D eigenvalue weighted by atomic mass is 10.2. The van der Waals surface area contributed by atoms with Crippen LogP contribution in [0.1, 0.15) is 15.2 Å². The Kier molecular flexibility index (Phi) is 4.91. The predicted octanol–water partition coefficient (Wildman–Crippen LogP) is 0.739. The van der Waals surface area contributed by atoms with Crippen LogP contribution in [0.3, 0.4) is 0 Å². The van der Waals surface area contributed by atoms with E-state index in [1.54, 1.807) is 0 Å². The molecule has 128 valence electrons. The molecule has 0 radical (unpaired) electrons. The van der Waals surface area contributed by atoms with Crippen molar-refractivity contribution >= 4 is 39.2 Å². The number of aryl methyl sites for hydroxylation is 1. The standard InChI is InChI=1S/C15H18N4O4S/c1-9-11-13(19-3-5-23-6-4-19)17-8-18-15(11)24-12(9)14(21)16-7-10(20)22-2/h8H,3-7H2,1-2H3,(H,16,21). The highest BCUT2D eigenvalue weighted by Crippen LogP contribution is 2.35. The second-order valence-electron chi connectivity index (χ2n) is 5.29. The van der Waals surface area contributed by atoms with Crippen molar-refractivity contribution in [3.05, 3.63) is 16.8 Å². The average Bonchev–Trinajstić information content (AvgIpc) is 2.97. The molecule has 1 saturated heterocycles. The van der Waals surface area contributed by atoms with Gasteiger partial charge in [-0.1, -0.05) is 0 Å². The van der Waals surface area contributed by atoms with Gasteiger partial charge in [-0.05, 0) is 12.5 Å². The summed E-state index contributed by atoms with van der Waals surface area (Å²) < 4.78 is 9.91. The second kappa shape index (κ2) is 7.10. The van der Waals surface area contributed by atoms with Crippen LogP contribution >= 0.6 is 11.3 Å². The molecule has 1 aliphatic heterocycles. The Morgan fingerprint density at radius 1 is 1.38 bits per heavy atom. The molecule has 0 aliphatic carbocycles. The summed E-state index contributed by atoms with van der Waals surface area (Å²) in [6, 6.07) is 0. The number of ether oxygens (including phenoxy) is 2. The third-order valence-corrected chi connectivity index (χ3v) is 5.04. The summed E-state index contributed by atoms with van der Waals surface area (Å²) in [7, 11) is 1.28. The van der Waals surface area contributed by atoms with Crippen LogP contribution in [-0.4, -0.2) is 61.8 Å². The molecule has 0 unspecified atom stereocenters. The van der Waals surface area contributed by atoms with E-state index in [0.29, 0.717) is 18.1 Å². The average molecular weight is 350 g/mol. The number of methoxy groups -OCH3 is 1. The number of carbonyl (C=O) groups excluding carboxylic acids is 2. The highest BCUT2D eigenvalue weighted by atomic mass is 32.1. The molecule has 1 amide bonds. The fourth-order valence-corrected chi connectivity index (χ4v) is 3.65. The van der Waals surface area contributed by atoms with Gasteiger partial charge in [0.2, 0.25) is 0 Å². The van der Waals surface area contributed by atoms with Crippen molar-refractivity contribution in [2.75, 3.05) is 44.9 Å². The number of rotatable bonds is 4. The number of morpholine rings is 1. The Hall–Kier alpha value is -2.26. The zero-order valence-corrected chi connectivity index (χ0v) is 14.3. The number of carbonyl (C=O) groups is 2. The minimum Gasteiger partial charge on any atom is -0.468 e. The zero-order chi connectivity index (χ0) is 17.1. The van der Waals surface area contributed by atoms with Gasteiger partial charge < -0.3 is 19.7 Å². The number of hydrogen-bond acceptors (Lipinski definition) is 8. The van der Waals surface area contributed by atoms with Crippen LogP contribution in [0.15, 0.2) is 6.33 Å². The number of aromatic nitrogens is 2. The lowest BCUT2D eigenvalue weighted by molar-refractivity contribution is -0.139. The quantitative estimate of drug-likeness (QED) is 0.813. The molecular formula is C15H18N4O4S. The van der Waals surface area contributed by atoms with Crippen LogP contribution in [0.5, 0.6) is 0 Å². The first kappa shape index (κ1) is 16.6. The van der Waals surface area contributed by atoms with Gasteiger partial charge in [0.25, 0.3) is 5.91 Å². The van der Waals surface area contributed by atoms with Gasteiger partial charge in [0.15, 0.2) is 0 Å². The minimum atomic E-state index is -0.490. The number of fused-ring (bicyclic) bond motifs is 1. The van der Waals surface area contributed by atoms with Crippen molar-refractivity contribution in [2.24, 2.45) is 0 Å². The summed E-state index contributed by atoms with van der Waals surface area (Å²) in [6.45, 7) is 4.53. The molecule has 9 heteroatoms. The molecule has 3 rings (SSSR count). The fourth-order valence-electron chi connectivity index (χ4n) is 2.59. The van der Waals surface area contributed by atoms with Crippen LogP contribution < -0.4 is 10.2 Å². The molecule has 3 heterocycles. The van der Waals surface area contributed by atoms with Gasteiger partial charge in [-0.2, -0.15) is 0 Å². The van der Waals surface area contributed by atoms with E-state index in [1.165, 1.54) is 24.8 Å². The molecule has 0 aromatic carbocycles. The highest BCUT2D eigenvalue weighted by Gasteiger charge is 2.23. The van der Waals surface area contributed by atoms with Crippen LogP contribution in [0.2, 0.25) is 0 Å². The van der Waals surface area contributed by atoms with Crippen molar-refractivity contribution in [1.29, 1.82) is 0 Å². The topological polar surface area (TPSA) is 93.6 Å². The third-order valence-electron chi connectivity index (χ3n) is 3.84. The van der Waals surface area contributed by atoms with Gasteiger partial charge in [-0.15, -0.1) is 11.3 Å². The van der Waals surface area contributed by atoms with Gasteiger partial charge in [0, 0.05) is 13.1 Å². The first-order valence-corrected chi connectivity index (χ1v) is 8.35. The number of nitrogens with zero attached hydrogens (tertiary/aromatic N) is 3. The molecule has 8 nitrogen and oxygen atoms in total. The monoisotopic (exact) mass is 350 g/mol. The van der Waals surface area contributed by atoms with E-state index in [0.717, 1.165) is 34.7 Å². The lowest BCUT2D eigenvalue weighted by Crippen LogP contribution is -2.36. The maximum atomic E-state index is 12.4.